The van der Waals surface area contributed by atoms with Gasteiger partial charge in [-0.25, -0.2) is 13.2 Å². The smallest absolute Gasteiger partial charge is 0.192 e. The maximum absolute atomic E-state index is 13.5. The Kier molecular flexibility index (Phi) is 5.41. The van der Waals surface area contributed by atoms with E-state index in [2.05, 4.69) is 0 Å². The predicted octanol–water partition coefficient (Wildman–Crippen LogP) is 4.28. The lowest BCUT2D eigenvalue weighted by Crippen LogP contribution is -2.35. The van der Waals surface area contributed by atoms with Crippen molar-refractivity contribution < 1.29 is 17.6 Å². The first kappa shape index (κ1) is 15.2. The average molecular weight is 276 g/mol. The van der Waals surface area contributed by atoms with E-state index in [0.717, 1.165) is 24.2 Å². The Morgan fingerprint density at radius 3 is 1.94 bits per heavy atom. The van der Waals surface area contributed by atoms with Crippen LogP contribution in [0.1, 0.15) is 19.4 Å². The third-order valence-electron chi connectivity index (χ3n) is 3.66. The fraction of sp³-hybridized carbons (Fsp3) is 0.538. The maximum atomic E-state index is 13.5. The van der Waals surface area contributed by atoms with E-state index in [4.69, 9.17) is 4.43 Å². The van der Waals surface area contributed by atoms with E-state index in [1.54, 1.807) is 7.11 Å². The zero-order chi connectivity index (χ0) is 13.8. The molecule has 0 aliphatic rings. The zero-order valence-corrected chi connectivity index (χ0v) is 12.0. The van der Waals surface area contributed by atoms with Crippen LogP contribution in [0.15, 0.2) is 12.1 Å². The van der Waals surface area contributed by atoms with E-state index in [9.17, 15) is 13.2 Å². The quantitative estimate of drug-likeness (QED) is 0.705. The van der Waals surface area contributed by atoms with E-state index in [1.807, 2.05) is 13.8 Å². The molecule has 0 heterocycles. The van der Waals surface area contributed by atoms with Crippen LogP contribution in [0.2, 0.25) is 18.1 Å². The van der Waals surface area contributed by atoms with E-state index < -0.39 is 25.8 Å². The molecule has 0 radical (unpaired) electrons. The summed E-state index contributed by atoms with van der Waals surface area (Å²) in [6.07, 6.45) is 0.264. The van der Waals surface area contributed by atoms with Crippen molar-refractivity contribution in [2.45, 2.75) is 38.4 Å². The first-order valence-electron chi connectivity index (χ1n) is 6.16. The van der Waals surface area contributed by atoms with Gasteiger partial charge in [0, 0.05) is 24.8 Å². The molecule has 0 bridgehead atoms. The zero-order valence-electron chi connectivity index (χ0n) is 11.0. The molecule has 1 nitrogen and oxygen atoms in total. The van der Waals surface area contributed by atoms with Crippen LogP contribution >= 0.6 is 0 Å². The van der Waals surface area contributed by atoms with Gasteiger partial charge in [0.2, 0.25) is 0 Å². The summed E-state index contributed by atoms with van der Waals surface area (Å²) in [5.41, 5.74) is -0.0350. The summed E-state index contributed by atoms with van der Waals surface area (Å²) >= 11 is 0. The molecule has 1 rings (SSSR count). The maximum Gasteiger partial charge on any atom is 0.192 e. The van der Waals surface area contributed by atoms with Crippen LogP contribution < -0.4 is 0 Å². The summed E-state index contributed by atoms with van der Waals surface area (Å²) < 4.78 is 45.4. The van der Waals surface area contributed by atoms with Gasteiger partial charge in [-0.3, -0.25) is 0 Å². The van der Waals surface area contributed by atoms with Gasteiger partial charge in [-0.1, -0.05) is 13.8 Å². The monoisotopic (exact) mass is 276 g/mol. The normalized spacial score (nSPS) is 11.9. The summed E-state index contributed by atoms with van der Waals surface area (Å²) in [7, 11) is -0.223. The average Bonchev–Trinajstić information content (AvgIpc) is 2.33. The summed E-state index contributed by atoms with van der Waals surface area (Å²) in [5.74, 6) is -2.49. The Hall–Kier alpha value is -0.813. The molecule has 0 aromatic heterocycles. The molecule has 0 saturated heterocycles. The van der Waals surface area contributed by atoms with Crippen LogP contribution in [-0.2, 0) is 10.8 Å². The second-order valence-electron chi connectivity index (χ2n) is 4.44. The van der Waals surface area contributed by atoms with Gasteiger partial charge in [0.05, 0.1) is 0 Å². The number of hydrogen-bond acceptors (Lipinski definition) is 1. The molecule has 102 valence electrons. The Morgan fingerprint density at radius 2 is 1.56 bits per heavy atom. The van der Waals surface area contributed by atoms with Crippen LogP contribution in [0.4, 0.5) is 13.2 Å². The summed E-state index contributed by atoms with van der Waals surface area (Å²) in [4.78, 5) is 0. The summed E-state index contributed by atoms with van der Waals surface area (Å²) in [6, 6.07) is 3.92. The van der Waals surface area contributed by atoms with Crippen LogP contribution in [-0.4, -0.2) is 15.4 Å². The minimum absolute atomic E-state index is 0.0350. The van der Waals surface area contributed by atoms with Crippen molar-refractivity contribution in [3.8, 4) is 0 Å². The van der Waals surface area contributed by atoms with Crippen molar-refractivity contribution in [3.05, 3.63) is 35.1 Å². The molecule has 0 spiro atoms. The molecule has 5 heteroatoms. The van der Waals surface area contributed by atoms with Crippen LogP contribution in [0.5, 0.6) is 0 Å². The van der Waals surface area contributed by atoms with Crippen LogP contribution in [0, 0.1) is 17.5 Å². The van der Waals surface area contributed by atoms with Gasteiger partial charge in [0.1, 0.15) is 17.5 Å². The molecule has 1 aromatic carbocycles. The van der Waals surface area contributed by atoms with Crippen molar-refractivity contribution >= 4 is 8.32 Å². The first-order valence-corrected chi connectivity index (χ1v) is 8.69. The lowest BCUT2D eigenvalue weighted by molar-refractivity contribution is 0.390. The van der Waals surface area contributed by atoms with Crippen molar-refractivity contribution in [3.63, 3.8) is 0 Å². The van der Waals surface area contributed by atoms with Gasteiger partial charge in [0.25, 0.3) is 0 Å². The minimum atomic E-state index is -1.89. The fourth-order valence-corrected chi connectivity index (χ4v) is 4.85. The standard InChI is InChI=1S/C13H19F3OSi/c1-4-18(5-2,17-3)7-6-11-12(15)8-10(14)9-13(11)16/h8-9H,4-7H2,1-3H3. The second kappa shape index (κ2) is 6.38. The molecule has 0 fully saturated rings. The van der Waals surface area contributed by atoms with Gasteiger partial charge < -0.3 is 4.43 Å². The topological polar surface area (TPSA) is 9.23 Å². The van der Waals surface area contributed by atoms with Gasteiger partial charge in [-0.15, -0.1) is 0 Å². The number of rotatable bonds is 6. The molecule has 0 N–H and O–H groups in total. The predicted molar refractivity (Wildman–Crippen MR) is 68.6 cm³/mol. The Bertz CT molecular complexity index is 374. The van der Waals surface area contributed by atoms with E-state index in [0.29, 0.717) is 6.04 Å². The first-order chi connectivity index (χ1) is 8.48. The third kappa shape index (κ3) is 3.35. The number of benzene rings is 1. The fourth-order valence-electron chi connectivity index (χ4n) is 2.16. The highest BCUT2D eigenvalue weighted by Crippen LogP contribution is 2.25. The highest BCUT2D eigenvalue weighted by molar-refractivity contribution is 6.73. The van der Waals surface area contributed by atoms with Crippen molar-refractivity contribution in [2.75, 3.05) is 7.11 Å². The molecular weight excluding hydrogens is 257 g/mol. The van der Waals surface area contributed by atoms with Gasteiger partial charge in [0.15, 0.2) is 8.32 Å². The van der Waals surface area contributed by atoms with Crippen LogP contribution in [0.3, 0.4) is 0 Å². The Morgan fingerprint density at radius 1 is 1.06 bits per heavy atom. The number of halogens is 3. The minimum Gasteiger partial charge on any atom is -0.420 e. The molecule has 0 atom stereocenters. The van der Waals surface area contributed by atoms with Crippen molar-refractivity contribution in [1.29, 1.82) is 0 Å². The highest BCUT2D eigenvalue weighted by atomic mass is 28.4. The molecule has 1 aromatic rings. The van der Waals surface area contributed by atoms with Gasteiger partial charge in [-0.05, 0) is 24.6 Å². The molecule has 0 aliphatic heterocycles. The van der Waals surface area contributed by atoms with Gasteiger partial charge >= 0.3 is 0 Å². The van der Waals surface area contributed by atoms with Crippen molar-refractivity contribution in [1.82, 2.24) is 0 Å². The molecule has 0 saturated carbocycles. The molecular formula is C13H19F3OSi. The Balaban J connectivity index is 2.86. The Labute approximate surface area is 107 Å². The van der Waals surface area contributed by atoms with Crippen molar-refractivity contribution in [2.24, 2.45) is 0 Å². The molecule has 0 aliphatic carbocycles. The summed E-state index contributed by atoms with van der Waals surface area (Å²) in [5, 5.41) is 0. The van der Waals surface area contributed by atoms with Crippen LogP contribution in [0.25, 0.3) is 0 Å². The second-order valence-corrected chi connectivity index (χ2v) is 9.13. The largest absolute Gasteiger partial charge is 0.420 e. The van der Waals surface area contributed by atoms with E-state index in [-0.39, 0.29) is 12.0 Å². The van der Waals surface area contributed by atoms with Gasteiger partial charge in [-0.2, -0.15) is 0 Å². The third-order valence-corrected chi connectivity index (χ3v) is 8.26. The molecule has 0 unspecified atom stereocenters. The highest BCUT2D eigenvalue weighted by Gasteiger charge is 2.30. The molecule has 18 heavy (non-hydrogen) atoms. The van der Waals surface area contributed by atoms with E-state index in [1.165, 1.54) is 0 Å². The lowest BCUT2D eigenvalue weighted by atomic mass is 10.1. The summed E-state index contributed by atoms with van der Waals surface area (Å²) in [6.45, 7) is 4.08. The molecule has 0 amide bonds. The lowest BCUT2D eigenvalue weighted by Gasteiger charge is -2.27. The van der Waals surface area contributed by atoms with E-state index >= 15 is 0 Å². The SMILES string of the molecule is CC[Si](CC)(CCc1c(F)cc(F)cc1F)OC. The number of hydrogen-bond donors (Lipinski definition) is 0.